The zero-order chi connectivity index (χ0) is 16.1. The minimum atomic E-state index is -1.22. The summed E-state index contributed by atoms with van der Waals surface area (Å²) in [6, 6.07) is 5.69. The first-order chi connectivity index (χ1) is 10.3. The average Bonchev–Trinajstić information content (AvgIpc) is 2.75. The summed E-state index contributed by atoms with van der Waals surface area (Å²) in [6.07, 6.45) is 1.57. The van der Waals surface area contributed by atoms with E-state index in [1.54, 1.807) is 6.92 Å². The Labute approximate surface area is 137 Å². The molecule has 0 saturated heterocycles. The fraction of sp³-hybridized carbons (Fsp3) is 0.471. The molecule has 0 heterocycles. The van der Waals surface area contributed by atoms with Gasteiger partial charge in [-0.1, -0.05) is 22.0 Å². The van der Waals surface area contributed by atoms with Gasteiger partial charge in [0, 0.05) is 21.9 Å². The van der Waals surface area contributed by atoms with Gasteiger partial charge in [-0.2, -0.15) is 0 Å². The van der Waals surface area contributed by atoms with Crippen molar-refractivity contribution in [2.75, 3.05) is 7.11 Å². The predicted molar refractivity (Wildman–Crippen MR) is 83.6 cm³/mol. The van der Waals surface area contributed by atoms with Crippen LogP contribution in [0.4, 0.5) is 0 Å². The number of benzene rings is 1. The molecule has 0 unspecified atom stereocenters. The van der Waals surface area contributed by atoms with Crippen LogP contribution in [0.1, 0.15) is 42.1 Å². The second-order valence-electron chi connectivity index (χ2n) is 6.51. The van der Waals surface area contributed by atoms with Crippen LogP contribution in [0.2, 0.25) is 0 Å². The standard InChI is InChI=1S/C17H17BrO4/c1-16(15(21)22-2)9-17(6-5-13(16)19)8-10-3-4-11(18)7-12(10)14(17)20/h3-4,7H,5-6,8-9H2,1-2H3/t16-,17-/m1/s1. The normalized spacial score (nSPS) is 30.5. The number of ketones is 2. The SMILES string of the molecule is COC(=O)[C@]1(C)C[C@@]2(CCC1=O)Cc1ccc(Br)cc1C2=O. The molecule has 1 aromatic rings. The lowest BCUT2D eigenvalue weighted by atomic mass is 9.60. The largest absolute Gasteiger partial charge is 0.468 e. The molecule has 2 aliphatic rings. The van der Waals surface area contributed by atoms with Gasteiger partial charge >= 0.3 is 5.97 Å². The Balaban J connectivity index is 2.01. The van der Waals surface area contributed by atoms with Crippen molar-refractivity contribution >= 4 is 33.5 Å². The minimum Gasteiger partial charge on any atom is -0.468 e. The molecule has 1 aromatic carbocycles. The summed E-state index contributed by atoms with van der Waals surface area (Å²) >= 11 is 3.39. The summed E-state index contributed by atoms with van der Waals surface area (Å²) in [6.45, 7) is 1.61. The van der Waals surface area contributed by atoms with Crippen molar-refractivity contribution < 1.29 is 19.1 Å². The molecule has 2 atom stereocenters. The van der Waals surface area contributed by atoms with Gasteiger partial charge in [-0.05, 0) is 43.9 Å². The van der Waals surface area contributed by atoms with Crippen molar-refractivity contribution in [3.05, 3.63) is 33.8 Å². The summed E-state index contributed by atoms with van der Waals surface area (Å²) < 4.78 is 5.68. The molecule has 1 saturated carbocycles. The molecule has 1 fully saturated rings. The van der Waals surface area contributed by atoms with Crippen molar-refractivity contribution in [2.45, 2.75) is 32.6 Å². The van der Waals surface area contributed by atoms with Crippen LogP contribution in [0.3, 0.4) is 0 Å². The number of fused-ring (bicyclic) bond motifs is 1. The Morgan fingerprint density at radius 3 is 2.73 bits per heavy atom. The lowest BCUT2D eigenvalue weighted by Crippen LogP contribution is -2.49. The van der Waals surface area contributed by atoms with Gasteiger partial charge in [0.1, 0.15) is 11.2 Å². The average molecular weight is 365 g/mol. The van der Waals surface area contributed by atoms with E-state index in [0.29, 0.717) is 18.4 Å². The first kappa shape index (κ1) is 15.4. The van der Waals surface area contributed by atoms with E-state index in [2.05, 4.69) is 15.9 Å². The molecule has 0 aromatic heterocycles. The van der Waals surface area contributed by atoms with Gasteiger partial charge in [-0.25, -0.2) is 0 Å². The monoisotopic (exact) mass is 364 g/mol. The van der Waals surface area contributed by atoms with Crippen LogP contribution >= 0.6 is 15.9 Å². The molecule has 1 spiro atoms. The highest BCUT2D eigenvalue weighted by Crippen LogP contribution is 2.52. The molecule has 0 N–H and O–H groups in total. The molecule has 0 aliphatic heterocycles. The van der Waals surface area contributed by atoms with Crippen molar-refractivity contribution in [3.63, 3.8) is 0 Å². The number of hydrogen-bond donors (Lipinski definition) is 0. The molecule has 116 valence electrons. The van der Waals surface area contributed by atoms with E-state index in [1.165, 1.54) is 7.11 Å². The lowest BCUT2D eigenvalue weighted by molar-refractivity contribution is -0.161. The quantitative estimate of drug-likeness (QED) is 0.567. The third kappa shape index (κ3) is 2.06. The topological polar surface area (TPSA) is 60.4 Å². The molecular weight excluding hydrogens is 348 g/mol. The number of carbonyl (C=O) groups excluding carboxylic acids is 3. The van der Waals surface area contributed by atoms with Crippen molar-refractivity contribution in [1.82, 2.24) is 0 Å². The van der Waals surface area contributed by atoms with Gasteiger partial charge in [0.15, 0.2) is 5.78 Å². The van der Waals surface area contributed by atoms with E-state index in [9.17, 15) is 14.4 Å². The third-order valence-electron chi connectivity index (χ3n) is 5.10. The Hall–Kier alpha value is -1.49. The lowest BCUT2D eigenvalue weighted by Gasteiger charge is -2.40. The van der Waals surface area contributed by atoms with Crippen LogP contribution in [0.5, 0.6) is 0 Å². The molecular formula is C17H17BrO4. The number of ether oxygens (including phenoxy) is 1. The highest BCUT2D eigenvalue weighted by atomic mass is 79.9. The van der Waals surface area contributed by atoms with Crippen LogP contribution in [-0.2, 0) is 20.7 Å². The summed E-state index contributed by atoms with van der Waals surface area (Å²) in [5.74, 6) is -0.622. The number of halogens is 1. The van der Waals surface area contributed by atoms with Gasteiger partial charge < -0.3 is 4.74 Å². The van der Waals surface area contributed by atoms with E-state index < -0.39 is 16.8 Å². The first-order valence-corrected chi connectivity index (χ1v) is 8.07. The number of esters is 1. The molecule has 4 nitrogen and oxygen atoms in total. The van der Waals surface area contributed by atoms with E-state index in [1.807, 2.05) is 18.2 Å². The summed E-state index contributed by atoms with van der Waals surface area (Å²) in [5, 5.41) is 0. The number of methoxy groups -OCH3 is 1. The summed E-state index contributed by atoms with van der Waals surface area (Å²) in [7, 11) is 1.28. The molecule has 0 amide bonds. The number of rotatable bonds is 1. The number of Topliss-reactive ketones (excluding diaryl/α,β-unsaturated/α-hetero) is 2. The van der Waals surface area contributed by atoms with Gasteiger partial charge in [-0.3, -0.25) is 14.4 Å². The van der Waals surface area contributed by atoms with E-state index in [4.69, 9.17) is 4.74 Å². The highest BCUT2D eigenvalue weighted by molar-refractivity contribution is 9.10. The summed E-state index contributed by atoms with van der Waals surface area (Å²) in [4.78, 5) is 37.3. The Morgan fingerprint density at radius 1 is 1.32 bits per heavy atom. The zero-order valence-corrected chi connectivity index (χ0v) is 14.2. The second-order valence-corrected chi connectivity index (χ2v) is 7.43. The van der Waals surface area contributed by atoms with E-state index >= 15 is 0 Å². The Morgan fingerprint density at radius 2 is 2.05 bits per heavy atom. The maximum Gasteiger partial charge on any atom is 0.319 e. The maximum atomic E-state index is 12.9. The third-order valence-corrected chi connectivity index (χ3v) is 5.59. The van der Waals surface area contributed by atoms with Crippen molar-refractivity contribution in [1.29, 1.82) is 0 Å². The molecule has 5 heteroatoms. The van der Waals surface area contributed by atoms with Crippen LogP contribution in [0.25, 0.3) is 0 Å². The van der Waals surface area contributed by atoms with Crippen molar-refractivity contribution in [3.8, 4) is 0 Å². The fourth-order valence-corrected chi connectivity index (χ4v) is 4.25. The molecule has 2 aliphatic carbocycles. The Kier molecular flexibility index (Phi) is 3.51. The second kappa shape index (κ2) is 5.01. The summed E-state index contributed by atoms with van der Waals surface area (Å²) in [5.41, 5.74) is -0.173. The number of carbonyl (C=O) groups is 3. The minimum absolute atomic E-state index is 0.0476. The smallest absolute Gasteiger partial charge is 0.319 e. The highest BCUT2D eigenvalue weighted by Gasteiger charge is 2.57. The van der Waals surface area contributed by atoms with Crippen LogP contribution in [0.15, 0.2) is 22.7 Å². The first-order valence-electron chi connectivity index (χ1n) is 7.27. The fourth-order valence-electron chi connectivity index (χ4n) is 3.89. The van der Waals surface area contributed by atoms with E-state index in [0.717, 1.165) is 10.0 Å². The van der Waals surface area contributed by atoms with Gasteiger partial charge in [0.25, 0.3) is 0 Å². The van der Waals surface area contributed by atoms with Crippen molar-refractivity contribution in [2.24, 2.45) is 10.8 Å². The Bertz CT molecular complexity index is 686. The molecule has 3 rings (SSSR count). The predicted octanol–water partition coefficient (Wildman–Crippen LogP) is 3.11. The van der Waals surface area contributed by atoms with Gasteiger partial charge in [0.05, 0.1) is 7.11 Å². The van der Waals surface area contributed by atoms with Gasteiger partial charge in [-0.15, -0.1) is 0 Å². The number of hydrogen-bond acceptors (Lipinski definition) is 4. The molecule has 22 heavy (non-hydrogen) atoms. The molecule has 0 bridgehead atoms. The van der Waals surface area contributed by atoms with E-state index in [-0.39, 0.29) is 24.4 Å². The van der Waals surface area contributed by atoms with Gasteiger partial charge in [0.2, 0.25) is 0 Å². The maximum absolute atomic E-state index is 12.9. The molecule has 0 radical (unpaired) electrons. The zero-order valence-electron chi connectivity index (χ0n) is 12.6. The van der Waals surface area contributed by atoms with Crippen LogP contribution < -0.4 is 0 Å². The van der Waals surface area contributed by atoms with Crippen LogP contribution in [-0.4, -0.2) is 24.6 Å². The van der Waals surface area contributed by atoms with Crippen LogP contribution in [0, 0.1) is 10.8 Å².